The highest BCUT2D eigenvalue weighted by molar-refractivity contribution is 6.88. The molecular formula is C27H32O3Si. The van der Waals surface area contributed by atoms with Gasteiger partial charge in [0.2, 0.25) is 8.32 Å². The first kappa shape index (κ1) is 23.0. The number of rotatable bonds is 9. The fourth-order valence-electron chi connectivity index (χ4n) is 4.41. The average molecular weight is 433 g/mol. The second-order valence-corrected chi connectivity index (χ2v) is 13.5. The summed E-state index contributed by atoms with van der Waals surface area (Å²) in [6, 6.07) is 25.3. The lowest BCUT2D eigenvalue weighted by molar-refractivity contribution is 0.0990. The molecule has 0 aliphatic carbocycles. The first-order valence-electron chi connectivity index (χ1n) is 10.9. The lowest BCUT2D eigenvalue weighted by Gasteiger charge is -2.39. The molecule has 0 unspecified atom stereocenters. The molecule has 0 aliphatic heterocycles. The summed E-state index contributed by atoms with van der Waals surface area (Å²) in [5.74, 6) is -0.0489. The summed E-state index contributed by atoms with van der Waals surface area (Å²) in [5.41, 5.74) is 3.06. The lowest BCUT2D eigenvalue weighted by atomic mass is 10.0. The fraction of sp³-hybridized carbons (Fsp3) is 0.296. The van der Waals surface area contributed by atoms with E-state index in [2.05, 4.69) is 39.8 Å². The van der Waals surface area contributed by atoms with Crippen LogP contribution in [-0.4, -0.2) is 19.2 Å². The van der Waals surface area contributed by atoms with E-state index in [1.807, 2.05) is 60.7 Å². The molecule has 0 atom stereocenters. The van der Waals surface area contributed by atoms with Gasteiger partial charge in [-0.05, 0) is 39.5 Å². The van der Waals surface area contributed by atoms with E-state index < -0.39 is 8.32 Å². The van der Waals surface area contributed by atoms with Crippen molar-refractivity contribution in [1.29, 1.82) is 0 Å². The van der Waals surface area contributed by atoms with Crippen molar-refractivity contribution in [3.8, 4) is 5.75 Å². The first-order valence-corrected chi connectivity index (χ1v) is 13.0. The Bertz CT molecular complexity index is 990. The summed E-state index contributed by atoms with van der Waals surface area (Å²) >= 11 is 0. The van der Waals surface area contributed by atoms with Gasteiger partial charge in [-0.2, -0.15) is 0 Å². The summed E-state index contributed by atoms with van der Waals surface area (Å²) in [6.07, 6.45) is 0.265. The highest BCUT2D eigenvalue weighted by Crippen LogP contribution is 2.35. The van der Waals surface area contributed by atoms with Crippen LogP contribution in [0.4, 0.5) is 0 Å². The van der Waals surface area contributed by atoms with Crippen molar-refractivity contribution >= 4 is 19.3 Å². The van der Waals surface area contributed by atoms with Gasteiger partial charge < -0.3 is 9.53 Å². The molecule has 0 saturated carbocycles. The first-order chi connectivity index (χ1) is 14.8. The molecule has 4 heteroatoms. The molecule has 3 nitrogen and oxygen atoms in total. The third kappa shape index (κ3) is 5.14. The van der Waals surface area contributed by atoms with Gasteiger partial charge in [-0.25, -0.2) is 0 Å². The third-order valence-corrected chi connectivity index (χ3v) is 11.3. The molecule has 0 bridgehead atoms. The van der Waals surface area contributed by atoms with Crippen LogP contribution in [0.3, 0.4) is 0 Å². The Morgan fingerprint density at radius 2 is 1.39 bits per heavy atom. The molecule has 3 aromatic rings. The molecule has 31 heavy (non-hydrogen) atoms. The summed E-state index contributed by atoms with van der Waals surface area (Å²) in [4.78, 5) is 13.0. The van der Waals surface area contributed by atoms with Crippen LogP contribution in [0.25, 0.3) is 0 Å². The summed E-state index contributed by atoms with van der Waals surface area (Å²) < 4.78 is 6.76. The molecule has 0 aliphatic rings. The van der Waals surface area contributed by atoms with Gasteiger partial charge in [0, 0.05) is 6.42 Å². The van der Waals surface area contributed by atoms with Gasteiger partial charge in [0.25, 0.3) is 0 Å². The minimum Gasteiger partial charge on any atom is -0.507 e. The molecular weight excluding hydrogens is 400 g/mol. The van der Waals surface area contributed by atoms with E-state index in [0.717, 1.165) is 16.3 Å². The summed E-state index contributed by atoms with van der Waals surface area (Å²) in [5, 5.41) is 11.5. The Morgan fingerprint density at radius 3 is 1.94 bits per heavy atom. The molecule has 1 N–H and O–H groups in total. The number of benzene rings is 3. The van der Waals surface area contributed by atoms with Crippen molar-refractivity contribution in [2.45, 2.75) is 51.8 Å². The van der Waals surface area contributed by atoms with Gasteiger partial charge in [-0.3, -0.25) is 4.79 Å². The van der Waals surface area contributed by atoms with Crippen molar-refractivity contribution in [3.05, 3.63) is 95.6 Å². The van der Waals surface area contributed by atoms with E-state index in [4.69, 9.17) is 4.43 Å². The zero-order chi connectivity index (χ0) is 22.4. The van der Waals surface area contributed by atoms with Crippen LogP contribution in [0.15, 0.2) is 78.9 Å². The molecule has 0 heterocycles. The maximum atomic E-state index is 13.0. The summed E-state index contributed by atoms with van der Waals surface area (Å²) in [6.45, 7) is 9.35. The Balaban J connectivity index is 1.97. The van der Waals surface area contributed by atoms with Crippen molar-refractivity contribution < 1.29 is 14.3 Å². The zero-order valence-electron chi connectivity index (χ0n) is 18.8. The quantitative estimate of drug-likeness (QED) is 0.333. The number of aromatic hydroxyl groups is 1. The van der Waals surface area contributed by atoms with Crippen LogP contribution in [0.5, 0.6) is 5.75 Å². The fourth-order valence-corrected chi connectivity index (χ4v) is 9.03. The number of phenolic OH excluding ortho intramolecular Hbond substituents is 1. The van der Waals surface area contributed by atoms with E-state index >= 15 is 0 Å². The van der Waals surface area contributed by atoms with Gasteiger partial charge in [-0.15, -0.1) is 0 Å². The smallest absolute Gasteiger partial charge is 0.229 e. The Hall–Kier alpha value is -2.69. The monoisotopic (exact) mass is 432 g/mol. The van der Waals surface area contributed by atoms with Crippen LogP contribution in [-0.2, 0) is 17.5 Å². The topological polar surface area (TPSA) is 46.5 Å². The number of Topliss-reactive ketones (excluding diaryl/α,β-unsaturated/α-hetero) is 1. The number of phenols is 1. The minimum atomic E-state index is -2.46. The van der Waals surface area contributed by atoms with Gasteiger partial charge in [0.15, 0.2) is 5.78 Å². The highest BCUT2D eigenvalue weighted by atomic mass is 28.4. The van der Waals surface area contributed by atoms with Crippen LogP contribution >= 0.6 is 0 Å². The van der Waals surface area contributed by atoms with Crippen molar-refractivity contribution in [3.63, 3.8) is 0 Å². The van der Waals surface area contributed by atoms with Gasteiger partial charge in [-0.1, -0.05) is 94.4 Å². The maximum Gasteiger partial charge on any atom is 0.229 e. The van der Waals surface area contributed by atoms with Crippen molar-refractivity contribution in [2.24, 2.45) is 0 Å². The van der Waals surface area contributed by atoms with Crippen LogP contribution in [0, 0.1) is 0 Å². The minimum absolute atomic E-state index is 0.0307. The molecule has 3 aromatic carbocycles. The third-order valence-electron chi connectivity index (χ3n) is 5.99. The van der Waals surface area contributed by atoms with Crippen LogP contribution < -0.4 is 5.19 Å². The molecule has 0 radical (unpaired) electrons. The number of hydrogen-bond donors (Lipinski definition) is 1. The zero-order valence-corrected chi connectivity index (χ0v) is 19.8. The number of ketones is 1. The van der Waals surface area contributed by atoms with Crippen molar-refractivity contribution in [1.82, 2.24) is 0 Å². The van der Waals surface area contributed by atoms with E-state index in [1.54, 1.807) is 6.07 Å². The Labute approximate surface area is 186 Å². The van der Waals surface area contributed by atoms with E-state index in [9.17, 15) is 9.90 Å². The molecule has 0 aromatic heterocycles. The van der Waals surface area contributed by atoms with Gasteiger partial charge in [0.1, 0.15) is 5.75 Å². The van der Waals surface area contributed by atoms with Crippen molar-refractivity contribution in [2.75, 3.05) is 0 Å². The number of hydrogen-bond acceptors (Lipinski definition) is 3. The predicted molar refractivity (Wildman–Crippen MR) is 129 cm³/mol. The molecule has 3 rings (SSSR count). The van der Waals surface area contributed by atoms with Gasteiger partial charge in [0.05, 0.1) is 12.2 Å². The number of carbonyl (C=O) groups is 1. The van der Waals surface area contributed by atoms with E-state index in [0.29, 0.717) is 23.3 Å². The highest BCUT2D eigenvalue weighted by Gasteiger charge is 2.44. The average Bonchev–Trinajstić information content (AvgIpc) is 2.76. The molecule has 0 amide bonds. The largest absolute Gasteiger partial charge is 0.507 e. The Kier molecular flexibility index (Phi) is 7.47. The summed E-state index contributed by atoms with van der Waals surface area (Å²) in [7, 11) is -2.46. The number of carbonyl (C=O) groups excluding carboxylic acids is 1. The van der Waals surface area contributed by atoms with E-state index in [1.165, 1.54) is 0 Å². The van der Waals surface area contributed by atoms with Crippen LogP contribution in [0.1, 0.15) is 49.2 Å². The second-order valence-electron chi connectivity index (χ2n) is 8.69. The molecule has 0 spiro atoms. The standard InChI is InChI=1S/C27H32O3Si/c1-20(2)31(21(3)4,30-19-23-13-9-6-10-14-23)24-15-16-26(28)25(18-24)27(29)17-22-11-7-5-8-12-22/h5-16,18,20-21,28H,17,19H2,1-4H3. The maximum absolute atomic E-state index is 13.0. The molecule has 0 fully saturated rings. The predicted octanol–water partition coefficient (Wildman–Crippen LogP) is 6.01. The Morgan fingerprint density at radius 1 is 0.839 bits per heavy atom. The van der Waals surface area contributed by atoms with Crippen LogP contribution in [0.2, 0.25) is 11.1 Å². The lowest BCUT2D eigenvalue weighted by Crippen LogP contribution is -2.56. The SMILES string of the molecule is CC(C)[Si](OCc1ccccc1)(c1ccc(O)c(C(=O)Cc2ccccc2)c1)C(C)C. The van der Waals surface area contributed by atoms with E-state index in [-0.39, 0.29) is 18.0 Å². The second kappa shape index (κ2) is 10.1. The molecule has 162 valence electrons. The van der Waals surface area contributed by atoms with Gasteiger partial charge >= 0.3 is 0 Å². The normalized spacial score (nSPS) is 11.8. The molecule has 0 saturated heterocycles.